The van der Waals surface area contributed by atoms with E-state index in [2.05, 4.69) is 25.5 Å². The largest absolute Gasteiger partial charge is 0.306 e. The molecule has 5 rings (SSSR count). The molecule has 11 nitrogen and oxygen atoms in total. The second kappa shape index (κ2) is 8.45. The van der Waals surface area contributed by atoms with E-state index >= 15 is 0 Å². The van der Waals surface area contributed by atoms with Gasteiger partial charge < -0.3 is 5.32 Å². The number of nitro groups is 1. The summed E-state index contributed by atoms with van der Waals surface area (Å²) in [5.74, 6) is 0.416. The van der Waals surface area contributed by atoms with Gasteiger partial charge in [-0.25, -0.2) is 14.6 Å². The van der Waals surface area contributed by atoms with Crippen LogP contribution < -0.4 is 5.32 Å². The van der Waals surface area contributed by atoms with Crippen LogP contribution in [0.15, 0.2) is 61.1 Å². The number of non-ortho nitro benzene ring substituents is 1. The van der Waals surface area contributed by atoms with Gasteiger partial charge in [0.05, 0.1) is 27.9 Å². The molecule has 11 heteroatoms. The number of anilines is 1. The van der Waals surface area contributed by atoms with Gasteiger partial charge in [0.15, 0.2) is 11.5 Å². The van der Waals surface area contributed by atoms with E-state index in [0.29, 0.717) is 28.4 Å². The minimum absolute atomic E-state index is 0.0911. The van der Waals surface area contributed by atoms with Crippen LogP contribution in [-0.4, -0.2) is 40.4 Å². The lowest BCUT2D eigenvalue weighted by Gasteiger charge is -2.10. The van der Waals surface area contributed by atoms with Crippen LogP contribution in [0.4, 0.5) is 11.5 Å². The van der Waals surface area contributed by atoms with Crippen molar-refractivity contribution in [1.29, 1.82) is 0 Å². The Hall–Kier alpha value is -4.93. The zero-order valence-electron chi connectivity index (χ0n) is 19.1. The van der Waals surface area contributed by atoms with Gasteiger partial charge in [0.1, 0.15) is 12.1 Å². The van der Waals surface area contributed by atoms with Crippen molar-refractivity contribution >= 4 is 28.4 Å². The standard InChI is InChI=1S/C24H20N8O3/c1-14-4-7-19(10-15(14)2)30-22-20(12-27-30)23(26-13-25-22)31-21(11-16(3)29-31)28-24(33)17-5-8-18(9-6-17)32(34)35/h4-13H,1-3H3,(H,28,33). The SMILES string of the molecule is Cc1cc(NC(=O)c2ccc([N+](=O)[O-])cc2)n(-c2ncnc3c2cnn3-c2ccc(C)c(C)c2)n1. The fourth-order valence-corrected chi connectivity index (χ4v) is 3.72. The smallest absolute Gasteiger partial charge is 0.269 e. The van der Waals surface area contributed by atoms with E-state index in [0.717, 1.165) is 11.3 Å². The molecule has 0 bridgehead atoms. The van der Waals surface area contributed by atoms with Crippen LogP contribution in [-0.2, 0) is 0 Å². The van der Waals surface area contributed by atoms with E-state index < -0.39 is 10.8 Å². The number of fused-ring (bicyclic) bond motifs is 1. The Bertz CT molecular complexity index is 1600. The first kappa shape index (κ1) is 21.9. The molecule has 2 aromatic carbocycles. The monoisotopic (exact) mass is 468 g/mol. The lowest BCUT2D eigenvalue weighted by atomic mass is 10.1. The molecule has 0 spiro atoms. The zero-order valence-corrected chi connectivity index (χ0v) is 19.1. The topological polar surface area (TPSA) is 134 Å². The molecule has 3 heterocycles. The zero-order chi connectivity index (χ0) is 24.7. The van der Waals surface area contributed by atoms with Gasteiger partial charge in [0.2, 0.25) is 0 Å². The molecule has 0 unspecified atom stereocenters. The molecule has 0 aliphatic rings. The predicted octanol–water partition coefficient (Wildman–Crippen LogP) is 4.09. The first-order valence-electron chi connectivity index (χ1n) is 10.7. The van der Waals surface area contributed by atoms with Crippen molar-refractivity contribution in [2.24, 2.45) is 0 Å². The molecule has 1 amide bonds. The van der Waals surface area contributed by atoms with Crippen molar-refractivity contribution in [1.82, 2.24) is 29.5 Å². The summed E-state index contributed by atoms with van der Waals surface area (Å²) >= 11 is 0. The maximum atomic E-state index is 12.8. The fourth-order valence-electron chi connectivity index (χ4n) is 3.72. The number of aromatic nitrogens is 6. The Morgan fingerprint density at radius 2 is 1.74 bits per heavy atom. The highest BCUT2D eigenvalue weighted by atomic mass is 16.6. The van der Waals surface area contributed by atoms with E-state index in [1.165, 1.54) is 40.8 Å². The number of nitrogens with zero attached hydrogens (tertiary/aromatic N) is 7. The molecule has 0 saturated heterocycles. The van der Waals surface area contributed by atoms with Crippen LogP contribution in [0.2, 0.25) is 0 Å². The van der Waals surface area contributed by atoms with E-state index in [1.54, 1.807) is 23.9 Å². The first-order chi connectivity index (χ1) is 16.8. The van der Waals surface area contributed by atoms with Crippen molar-refractivity contribution in [2.45, 2.75) is 20.8 Å². The quantitative estimate of drug-likeness (QED) is 0.303. The van der Waals surface area contributed by atoms with Crippen molar-refractivity contribution in [3.8, 4) is 11.5 Å². The predicted molar refractivity (Wildman–Crippen MR) is 129 cm³/mol. The molecule has 0 aliphatic carbocycles. The van der Waals surface area contributed by atoms with E-state index in [-0.39, 0.29) is 11.3 Å². The third-order valence-electron chi connectivity index (χ3n) is 5.69. The number of benzene rings is 2. The van der Waals surface area contributed by atoms with Gasteiger partial charge in [0, 0.05) is 23.8 Å². The molecule has 3 aromatic heterocycles. The Labute approximate surface area is 199 Å². The summed E-state index contributed by atoms with van der Waals surface area (Å²) in [5, 5.41) is 23.4. The third kappa shape index (κ3) is 3.99. The average molecular weight is 468 g/mol. The summed E-state index contributed by atoms with van der Waals surface area (Å²) in [7, 11) is 0. The van der Waals surface area contributed by atoms with Gasteiger partial charge in [-0.15, -0.1) is 0 Å². The molecule has 5 aromatic rings. The number of hydrogen-bond donors (Lipinski definition) is 1. The molecule has 1 N–H and O–H groups in total. The molecule has 0 atom stereocenters. The lowest BCUT2D eigenvalue weighted by molar-refractivity contribution is -0.384. The Balaban J connectivity index is 1.52. The summed E-state index contributed by atoms with van der Waals surface area (Å²) in [5.41, 5.74) is 4.63. The number of hydrogen-bond acceptors (Lipinski definition) is 7. The minimum atomic E-state index is -0.515. The van der Waals surface area contributed by atoms with E-state index in [9.17, 15) is 14.9 Å². The van der Waals surface area contributed by atoms with Crippen molar-refractivity contribution in [3.63, 3.8) is 0 Å². The molecule has 174 valence electrons. The average Bonchev–Trinajstić information content (AvgIpc) is 3.44. The number of aryl methyl sites for hydroxylation is 3. The van der Waals surface area contributed by atoms with Gasteiger partial charge in [-0.2, -0.15) is 14.9 Å². The van der Waals surface area contributed by atoms with Crippen molar-refractivity contribution in [2.75, 3.05) is 5.32 Å². The number of nitro benzene ring substituents is 1. The van der Waals surface area contributed by atoms with Crippen LogP contribution in [0.1, 0.15) is 27.2 Å². The van der Waals surface area contributed by atoms with Gasteiger partial charge in [0.25, 0.3) is 11.6 Å². The van der Waals surface area contributed by atoms with Crippen LogP contribution in [0.25, 0.3) is 22.5 Å². The number of carbonyl (C=O) groups is 1. The highest BCUT2D eigenvalue weighted by molar-refractivity contribution is 6.04. The summed E-state index contributed by atoms with van der Waals surface area (Å²) < 4.78 is 3.26. The maximum Gasteiger partial charge on any atom is 0.269 e. The number of amides is 1. The van der Waals surface area contributed by atoms with Gasteiger partial charge in [-0.1, -0.05) is 6.07 Å². The van der Waals surface area contributed by atoms with Crippen LogP contribution >= 0.6 is 0 Å². The second-order valence-corrected chi connectivity index (χ2v) is 8.10. The van der Waals surface area contributed by atoms with Gasteiger partial charge >= 0.3 is 0 Å². The van der Waals surface area contributed by atoms with Crippen LogP contribution in [0.5, 0.6) is 0 Å². The Kier molecular flexibility index (Phi) is 5.28. The summed E-state index contributed by atoms with van der Waals surface area (Å²) in [6.07, 6.45) is 3.09. The molecule has 0 radical (unpaired) electrons. The molecular formula is C24H20N8O3. The second-order valence-electron chi connectivity index (χ2n) is 8.10. The highest BCUT2D eigenvalue weighted by Crippen LogP contribution is 2.25. The van der Waals surface area contributed by atoms with Crippen LogP contribution in [0.3, 0.4) is 0 Å². The molecule has 0 saturated carbocycles. The molecule has 0 aliphatic heterocycles. The Morgan fingerprint density at radius 1 is 0.971 bits per heavy atom. The van der Waals surface area contributed by atoms with E-state index in [4.69, 9.17) is 0 Å². The van der Waals surface area contributed by atoms with Gasteiger partial charge in [-0.05, 0) is 56.2 Å². The normalized spacial score (nSPS) is 11.1. The maximum absolute atomic E-state index is 12.8. The summed E-state index contributed by atoms with van der Waals surface area (Å²) in [6.45, 7) is 5.89. The van der Waals surface area contributed by atoms with Crippen LogP contribution in [0, 0.1) is 30.9 Å². The van der Waals surface area contributed by atoms with Gasteiger partial charge in [-0.3, -0.25) is 14.9 Å². The highest BCUT2D eigenvalue weighted by Gasteiger charge is 2.19. The van der Waals surface area contributed by atoms with Crippen molar-refractivity contribution in [3.05, 3.63) is 93.6 Å². The molecular weight excluding hydrogens is 448 g/mol. The summed E-state index contributed by atoms with van der Waals surface area (Å²) in [6, 6.07) is 13.1. The van der Waals surface area contributed by atoms with Crippen molar-refractivity contribution < 1.29 is 9.72 Å². The summed E-state index contributed by atoms with van der Waals surface area (Å²) in [4.78, 5) is 32.0. The minimum Gasteiger partial charge on any atom is -0.306 e. The number of carbonyl (C=O) groups excluding carboxylic acids is 1. The first-order valence-corrected chi connectivity index (χ1v) is 10.7. The number of nitrogens with one attached hydrogen (secondary N) is 1. The third-order valence-corrected chi connectivity index (χ3v) is 5.69. The molecule has 35 heavy (non-hydrogen) atoms. The Morgan fingerprint density at radius 3 is 2.46 bits per heavy atom. The fraction of sp³-hybridized carbons (Fsp3) is 0.125. The van der Waals surface area contributed by atoms with E-state index in [1.807, 2.05) is 32.0 Å². The molecule has 0 fully saturated rings. The number of rotatable bonds is 5. The lowest BCUT2D eigenvalue weighted by Crippen LogP contribution is -2.15.